The van der Waals surface area contributed by atoms with E-state index in [1.807, 2.05) is 0 Å². The molecular formula is C11H12F3NO. The van der Waals surface area contributed by atoms with Crippen LogP contribution in [0.25, 0.3) is 0 Å². The van der Waals surface area contributed by atoms with Crippen LogP contribution in [-0.2, 0) is 6.18 Å². The zero-order valence-corrected chi connectivity index (χ0v) is 8.55. The van der Waals surface area contributed by atoms with Crippen LogP contribution >= 0.6 is 0 Å². The summed E-state index contributed by atoms with van der Waals surface area (Å²) in [5.74, 6) is -0.515. The lowest BCUT2D eigenvalue weighted by molar-refractivity contribution is -0.137. The van der Waals surface area contributed by atoms with Gasteiger partial charge in [0.15, 0.2) is 5.78 Å². The van der Waals surface area contributed by atoms with Crippen molar-refractivity contribution in [3.05, 3.63) is 35.4 Å². The van der Waals surface area contributed by atoms with E-state index in [0.29, 0.717) is 13.0 Å². The Morgan fingerprint density at radius 1 is 1.25 bits per heavy atom. The van der Waals surface area contributed by atoms with Crippen molar-refractivity contribution in [2.75, 3.05) is 6.54 Å². The zero-order chi connectivity index (χ0) is 12.2. The van der Waals surface area contributed by atoms with E-state index in [1.165, 1.54) is 18.2 Å². The molecule has 0 unspecified atom stereocenters. The van der Waals surface area contributed by atoms with Crippen molar-refractivity contribution in [1.29, 1.82) is 0 Å². The molecule has 2 N–H and O–H groups in total. The van der Waals surface area contributed by atoms with Crippen molar-refractivity contribution in [2.24, 2.45) is 5.73 Å². The molecule has 0 aromatic heterocycles. The highest BCUT2D eigenvalue weighted by Crippen LogP contribution is 2.32. The fourth-order valence-corrected chi connectivity index (χ4v) is 1.37. The van der Waals surface area contributed by atoms with E-state index in [2.05, 4.69) is 0 Å². The lowest BCUT2D eigenvalue weighted by Gasteiger charge is -2.11. The largest absolute Gasteiger partial charge is 0.417 e. The summed E-state index contributed by atoms with van der Waals surface area (Å²) in [5.41, 5.74) is 4.05. The molecule has 1 rings (SSSR count). The number of Topliss-reactive ketones (excluding diaryl/α,β-unsaturated/α-hetero) is 1. The summed E-state index contributed by atoms with van der Waals surface area (Å²) in [4.78, 5) is 11.5. The molecule has 16 heavy (non-hydrogen) atoms. The molecule has 0 saturated heterocycles. The summed E-state index contributed by atoms with van der Waals surface area (Å²) in [6.45, 7) is 0.292. The second-order valence-corrected chi connectivity index (χ2v) is 3.36. The maximum Gasteiger partial charge on any atom is 0.417 e. The third-order valence-corrected chi connectivity index (χ3v) is 2.14. The lowest BCUT2D eigenvalue weighted by Crippen LogP contribution is -2.13. The van der Waals surface area contributed by atoms with Crippen LogP contribution in [0.1, 0.15) is 28.8 Å². The molecule has 2 nitrogen and oxygen atoms in total. The fourth-order valence-electron chi connectivity index (χ4n) is 1.37. The highest BCUT2D eigenvalue weighted by Gasteiger charge is 2.34. The molecule has 0 aliphatic carbocycles. The van der Waals surface area contributed by atoms with Crippen molar-refractivity contribution in [3.63, 3.8) is 0 Å². The molecule has 88 valence electrons. The van der Waals surface area contributed by atoms with Gasteiger partial charge in [-0.05, 0) is 19.0 Å². The van der Waals surface area contributed by atoms with E-state index in [4.69, 9.17) is 5.73 Å². The van der Waals surface area contributed by atoms with E-state index in [1.54, 1.807) is 0 Å². The topological polar surface area (TPSA) is 43.1 Å². The summed E-state index contributed by atoms with van der Waals surface area (Å²) in [6, 6.07) is 4.80. The third-order valence-electron chi connectivity index (χ3n) is 2.14. The Bertz CT molecular complexity index is 374. The number of rotatable bonds is 4. The first-order valence-corrected chi connectivity index (χ1v) is 4.86. The molecule has 1 aromatic rings. The van der Waals surface area contributed by atoms with E-state index in [-0.39, 0.29) is 12.0 Å². The smallest absolute Gasteiger partial charge is 0.330 e. The van der Waals surface area contributed by atoms with Gasteiger partial charge in [-0.1, -0.05) is 18.2 Å². The standard InChI is InChI=1S/C11H12F3NO/c12-11(13,14)9-5-2-1-4-8(9)10(16)6-3-7-15/h1-2,4-5H,3,6-7,15H2. The molecule has 0 aliphatic rings. The van der Waals surface area contributed by atoms with Gasteiger partial charge in [-0.25, -0.2) is 0 Å². The maximum atomic E-state index is 12.6. The second kappa shape index (κ2) is 5.12. The first-order chi connectivity index (χ1) is 7.46. The van der Waals surface area contributed by atoms with Gasteiger partial charge in [0.2, 0.25) is 0 Å². The van der Waals surface area contributed by atoms with Crippen LogP contribution in [0.3, 0.4) is 0 Å². The quantitative estimate of drug-likeness (QED) is 0.809. The maximum absolute atomic E-state index is 12.6. The summed E-state index contributed by atoms with van der Waals surface area (Å²) in [7, 11) is 0. The average Bonchev–Trinajstić information content (AvgIpc) is 2.24. The van der Waals surface area contributed by atoms with E-state index >= 15 is 0 Å². The number of alkyl halides is 3. The van der Waals surface area contributed by atoms with Crippen LogP contribution in [0, 0.1) is 0 Å². The summed E-state index contributed by atoms with van der Waals surface area (Å²) >= 11 is 0. The van der Waals surface area contributed by atoms with Gasteiger partial charge in [-0.3, -0.25) is 4.79 Å². The SMILES string of the molecule is NCCCC(=O)c1ccccc1C(F)(F)F. The number of ketones is 1. The van der Waals surface area contributed by atoms with E-state index in [9.17, 15) is 18.0 Å². The number of carbonyl (C=O) groups is 1. The summed E-state index contributed by atoms with van der Waals surface area (Å²) < 4.78 is 37.7. The molecule has 0 heterocycles. The van der Waals surface area contributed by atoms with Gasteiger partial charge in [0.25, 0.3) is 0 Å². The molecule has 0 aliphatic heterocycles. The highest BCUT2D eigenvalue weighted by atomic mass is 19.4. The van der Waals surface area contributed by atoms with Crippen molar-refractivity contribution in [1.82, 2.24) is 0 Å². The Morgan fingerprint density at radius 2 is 1.88 bits per heavy atom. The van der Waals surface area contributed by atoms with E-state index in [0.717, 1.165) is 6.07 Å². The van der Waals surface area contributed by atoms with E-state index < -0.39 is 17.5 Å². The Balaban J connectivity index is 3.00. The van der Waals surface area contributed by atoms with Crippen LogP contribution in [0.2, 0.25) is 0 Å². The van der Waals surface area contributed by atoms with Gasteiger partial charge in [0, 0.05) is 12.0 Å². The monoisotopic (exact) mass is 231 g/mol. The van der Waals surface area contributed by atoms with Crippen LogP contribution in [-0.4, -0.2) is 12.3 Å². The number of hydrogen-bond acceptors (Lipinski definition) is 2. The first-order valence-electron chi connectivity index (χ1n) is 4.86. The minimum atomic E-state index is -4.49. The molecule has 0 fully saturated rings. The molecule has 0 bridgehead atoms. The van der Waals surface area contributed by atoms with Crippen molar-refractivity contribution < 1.29 is 18.0 Å². The molecule has 5 heteroatoms. The van der Waals surface area contributed by atoms with Gasteiger partial charge in [0.05, 0.1) is 5.56 Å². The molecule has 0 saturated carbocycles. The molecule has 1 aromatic carbocycles. The zero-order valence-electron chi connectivity index (χ0n) is 8.55. The second-order valence-electron chi connectivity index (χ2n) is 3.36. The molecule has 0 spiro atoms. The highest BCUT2D eigenvalue weighted by molar-refractivity contribution is 5.97. The Hall–Kier alpha value is -1.36. The number of benzene rings is 1. The minimum Gasteiger partial charge on any atom is -0.330 e. The number of hydrogen-bond donors (Lipinski definition) is 1. The normalized spacial score (nSPS) is 11.5. The predicted octanol–water partition coefficient (Wildman–Crippen LogP) is 2.63. The average molecular weight is 231 g/mol. The summed E-state index contributed by atoms with van der Waals surface area (Å²) in [5, 5.41) is 0. The molecule has 0 atom stereocenters. The van der Waals surface area contributed by atoms with Gasteiger partial charge in [0.1, 0.15) is 0 Å². The molecular weight excluding hydrogens is 219 g/mol. The Morgan fingerprint density at radius 3 is 2.44 bits per heavy atom. The lowest BCUT2D eigenvalue weighted by atomic mass is 10.0. The van der Waals surface area contributed by atoms with Crippen molar-refractivity contribution in [3.8, 4) is 0 Å². The number of halogens is 3. The van der Waals surface area contributed by atoms with Gasteiger partial charge in [-0.2, -0.15) is 13.2 Å². The number of nitrogens with two attached hydrogens (primary N) is 1. The third kappa shape index (κ3) is 3.06. The summed E-state index contributed by atoms with van der Waals surface area (Å²) in [6.07, 6.45) is -4.05. The number of carbonyl (C=O) groups excluding carboxylic acids is 1. The van der Waals surface area contributed by atoms with Gasteiger partial charge < -0.3 is 5.73 Å². The van der Waals surface area contributed by atoms with Gasteiger partial charge >= 0.3 is 6.18 Å². The van der Waals surface area contributed by atoms with Crippen molar-refractivity contribution >= 4 is 5.78 Å². The Kier molecular flexibility index (Phi) is 4.06. The molecule has 0 radical (unpaired) electrons. The predicted molar refractivity (Wildman–Crippen MR) is 54.1 cm³/mol. The molecule has 0 amide bonds. The van der Waals surface area contributed by atoms with Crippen LogP contribution in [0.4, 0.5) is 13.2 Å². The fraction of sp³-hybridized carbons (Fsp3) is 0.364. The van der Waals surface area contributed by atoms with Crippen LogP contribution in [0.5, 0.6) is 0 Å². The van der Waals surface area contributed by atoms with Crippen molar-refractivity contribution in [2.45, 2.75) is 19.0 Å². The van der Waals surface area contributed by atoms with Gasteiger partial charge in [-0.15, -0.1) is 0 Å². The van der Waals surface area contributed by atoms with Crippen LogP contribution in [0.15, 0.2) is 24.3 Å². The van der Waals surface area contributed by atoms with Crippen LogP contribution < -0.4 is 5.73 Å². The minimum absolute atomic E-state index is 0.0452. The first kappa shape index (κ1) is 12.7. The Labute approximate surface area is 91.3 Å².